The molecule has 0 saturated carbocycles. The molecule has 10 heteroatoms. The van der Waals surface area contributed by atoms with Crippen LogP contribution in [0.3, 0.4) is 0 Å². The summed E-state index contributed by atoms with van der Waals surface area (Å²) in [6.45, 7) is 2.74. The van der Waals surface area contributed by atoms with Crippen LogP contribution in [-0.4, -0.2) is 42.8 Å². The summed E-state index contributed by atoms with van der Waals surface area (Å²) in [6, 6.07) is 51.2. The maximum Gasteiger partial charge on any atom is 0.344 e. The molecule has 3 aromatic heterocycles. The van der Waals surface area contributed by atoms with Gasteiger partial charge in [0, 0.05) is 30.8 Å². The number of unbranched alkanes of at least 4 members (excludes halogenated alkanes) is 1. The second kappa shape index (κ2) is 16.3. The first-order valence-corrected chi connectivity index (χ1v) is 19.0. The summed E-state index contributed by atoms with van der Waals surface area (Å²) in [6.07, 6.45) is 5.92. The van der Waals surface area contributed by atoms with Gasteiger partial charge in [-0.15, -0.1) is 5.10 Å². The molecule has 57 heavy (non-hydrogen) atoms. The van der Waals surface area contributed by atoms with Gasteiger partial charge in [0.15, 0.2) is 17.7 Å². The molecule has 8 aromatic rings. The average Bonchev–Trinajstić information content (AvgIpc) is 3.92. The Morgan fingerprint density at radius 2 is 1.30 bits per heavy atom. The quantitative estimate of drug-likeness (QED) is 0.0502. The summed E-state index contributed by atoms with van der Waals surface area (Å²) < 4.78 is 9.49. The molecule has 8 rings (SSSR count). The summed E-state index contributed by atoms with van der Waals surface area (Å²) in [7, 11) is 1.29. The largest absolute Gasteiger partial charge is 0.618 e. The van der Waals surface area contributed by atoms with Gasteiger partial charge in [-0.1, -0.05) is 153 Å². The van der Waals surface area contributed by atoms with Gasteiger partial charge in [-0.3, -0.25) is 0 Å². The van der Waals surface area contributed by atoms with Crippen LogP contribution in [0, 0.1) is 5.21 Å². The number of esters is 1. The highest BCUT2D eigenvalue weighted by molar-refractivity contribution is 5.88. The van der Waals surface area contributed by atoms with Crippen molar-refractivity contribution in [1.82, 2.24) is 29.8 Å². The summed E-state index contributed by atoms with van der Waals surface area (Å²) in [4.78, 5) is 16.8. The molecular weight excluding hydrogens is 711 g/mol. The molecule has 5 aromatic carbocycles. The first-order valence-electron chi connectivity index (χ1n) is 19.0. The Hall–Kier alpha value is -7.20. The van der Waals surface area contributed by atoms with Crippen molar-refractivity contribution >= 4 is 5.97 Å². The number of ether oxygens (including phenoxy) is 1. The molecule has 282 valence electrons. The zero-order valence-electron chi connectivity index (χ0n) is 31.8. The fourth-order valence-electron chi connectivity index (χ4n) is 7.48. The molecule has 3 heterocycles. The lowest BCUT2D eigenvalue weighted by molar-refractivity contribution is -0.594. The lowest BCUT2D eigenvalue weighted by Gasteiger charge is -2.36. The van der Waals surface area contributed by atoms with Crippen LogP contribution < -0.4 is 4.73 Å². The van der Waals surface area contributed by atoms with Crippen LogP contribution in [-0.2, 0) is 23.2 Å². The molecule has 0 fully saturated rings. The highest BCUT2D eigenvalue weighted by atomic mass is 16.5. The Labute approximate surface area is 331 Å². The van der Waals surface area contributed by atoms with Gasteiger partial charge in [-0.2, -0.15) is 4.73 Å². The third-order valence-corrected chi connectivity index (χ3v) is 10.4. The van der Waals surface area contributed by atoms with Gasteiger partial charge in [-0.25, -0.2) is 14.5 Å². The number of methoxy groups -OCH3 is 1. The van der Waals surface area contributed by atoms with Gasteiger partial charge in [0.2, 0.25) is 5.69 Å². The van der Waals surface area contributed by atoms with E-state index in [9.17, 15) is 10.0 Å². The highest BCUT2D eigenvalue weighted by Gasteiger charge is 2.41. The number of aromatic nitrogens is 7. The van der Waals surface area contributed by atoms with E-state index in [0.717, 1.165) is 64.0 Å². The van der Waals surface area contributed by atoms with Crippen molar-refractivity contribution in [3.8, 4) is 33.9 Å². The number of aryl methyl sites for hydroxylation is 1. The number of carbonyl (C=O) groups is 1. The van der Waals surface area contributed by atoms with E-state index in [1.165, 1.54) is 13.3 Å². The first kappa shape index (κ1) is 36.8. The molecular formula is C47H41N7O3. The summed E-state index contributed by atoms with van der Waals surface area (Å²) in [5, 5.41) is 26.4. The molecule has 10 nitrogen and oxygen atoms in total. The van der Waals surface area contributed by atoms with Crippen molar-refractivity contribution in [2.24, 2.45) is 0 Å². The minimum absolute atomic E-state index is 0.188. The summed E-state index contributed by atoms with van der Waals surface area (Å²) in [5.74, 6) is 0.990. The summed E-state index contributed by atoms with van der Waals surface area (Å²) >= 11 is 0. The molecule has 0 aliphatic heterocycles. The molecule has 0 saturated heterocycles. The Morgan fingerprint density at radius 1 is 0.737 bits per heavy atom. The Balaban J connectivity index is 1.08. The molecule has 0 bridgehead atoms. The van der Waals surface area contributed by atoms with E-state index in [1.807, 2.05) is 29.1 Å². The number of hydrogen-bond donors (Lipinski definition) is 0. The van der Waals surface area contributed by atoms with Gasteiger partial charge in [0.05, 0.1) is 7.11 Å². The van der Waals surface area contributed by atoms with E-state index < -0.39 is 11.5 Å². The topological polar surface area (TPSA) is 115 Å². The Morgan fingerprint density at radius 3 is 1.84 bits per heavy atom. The second-order valence-electron chi connectivity index (χ2n) is 13.9. The van der Waals surface area contributed by atoms with Gasteiger partial charge >= 0.3 is 5.97 Å². The smallest absolute Gasteiger partial charge is 0.344 e. The van der Waals surface area contributed by atoms with Crippen molar-refractivity contribution in [3.05, 3.63) is 203 Å². The lowest BCUT2D eigenvalue weighted by atomic mass is 9.77. The van der Waals surface area contributed by atoms with Gasteiger partial charge in [0.25, 0.3) is 0 Å². The maximum absolute atomic E-state index is 12.9. The zero-order chi connectivity index (χ0) is 39.2. The predicted molar refractivity (Wildman–Crippen MR) is 219 cm³/mol. The van der Waals surface area contributed by atoms with Crippen LogP contribution in [0.4, 0.5) is 0 Å². The normalized spacial score (nSPS) is 11.4. The van der Waals surface area contributed by atoms with E-state index in [-0.39, 0.29) is 5.56 Å². The Bertz CT molecular complexity index is 2490. The molecule has 0 aliphatic carbocycles. The fourth-order valence-corrected chi connectivity index (χ4v) is 7.48. The third kappa shape index (κ3) is 7.20. The summed E-state index contributed by atoms with van der Waals surface area (Å²) in [5.41, 5.74) is 7.54. The Kier molecular flexibility index (Phi) is 10.5. The number of pyridine rings is 1. The van der Waals surface area contributed by atoms with E-state index in [0.29, 0.717) is 28.5 Å². The van der Waals surface area contributed by atoms with Crippen LogP contribution in [0.25, 0.3) is 33.9 Å². The minimum Gasteiger partial charge on any atom is -0.618 e. The molecule has 0 N–H and O–H groups in total. The maximum atomic E-state index is 12.9. The standard InChI is InChI=1S/C47H41N7O3/c1-3-4-20-44-48-42(43-30-29-38(32-53(43)56)46(55)57-2)33-52(44)31-34-21-23-35(24-22-34)36-25-27-37(28-26-36)45-49-50-51-54(45)47(39-14-8-5-9-15-39,40-16-10-6-11-17-40)41-18-12-7-13-19-41/h5-19,21-30,32-33H,3-4,20,31H2,1-2H3. The van der Waals surface area contributed by atoms with Crippen LogP contribution >= 0.6 is 0 Å². The van der Waals surface area contributed by atoms with Crippen LogP contribution in [0.2, 0.25) is 0 Å². The second-order valence-corrected chi connectivity index (χ2v) is 13.9. The number of nitrogens with zero attached hydrogens (tertiary/aromatic N) is 7. The zero-order valence-corrected chi connectivity index (χ0v) is 31.8. The van der Waals surface area contributed by atoms with E-state index in [1.54, 1.807) is 12.1 Å². The molecule has 0 aliphatic rings. The van der Waals surface area contributed by atoms with Crippen molar-refractivity contribution in [2.45, 2.75) is 38.3 Å². The average molecular weight is 752 g/mol. The lowest BCUT2D eigenvalue weighted by Crippen LogP contribution is -2.39. The van der Waals surface area contributed by atoms with E-state index >= 15 is 0 Å². The third-order valence-electron chi connectivity index (χ3n) is 10.4. The van der Waals surface area contributed by atoms with Crippen molar-refractivity contribution in [3.63, 3.8) is 0 Å². The van der Waals surface area contributed by atoms with Gasteiger partial charge in [0.1, 0.15) is 16.9 Å². The van der Waals surface area contributed by atoms with Gasteiger partial charge < -0.3 is 14.5 Å². The van der Waals surface area contributed by atoms with Crippen molar-refractivity contribution < 1.29 is 14.3 Å². The van der Waals surface area contributed by atoms with Crippen molar-refractivity contribution in [1.29, 1.82) is 0 Å². The number of rotatable bonds is 13. The van der Waals surface area contributed by atoms with Crippen LogP contribution in [0.5, 0.6) is 0 Å². The number of carbonyl (C=O) groups excluding carboxylic acids is 1. The number of tetrazole rings is 1. The molecule has 0 amide bonds. The van der Waals surface area contributed by atoms with Gasteiger partial charge in [-0.05, 0) is 56.3 Å². The molecule has 0 radical (unpaired) electrons. The van der Waals surface area contributed by atoms with Crippen LogP contribution in [0.1, 0.15) is 58.2 Å². The monoisotopic (exact) mass is 751 g/mol. The molecule has 0 unspecified atom stereocenters. The highest BCUT2D eigenvalue weighted by Crippen LogP contribution is 2.42. The number of imidazole rings is 1. The number of hydrogen-bond acceptors (Lipinski definition) is 7. The SMILES string of the molecule is CCCCc1nc(-c2ccc(C(=O)OC)c[n+]2[O-])cn1Cc1ccc(-c2ccc(-c3nnnn3C(c3ccccc3)(c3ccccc3)c3ccccc3)cc2)cc1. The van der Waals surface area contributed by atoms with E-state index in [4.69, 9.17) is 14.9 Å². The van der Waals surface area contributed by atoms with Crippen LogP contribution in [0.15, 0.2) is 164 Å². The predicted octanol–water partition coefficient (Wildman–Crippen LogP) is 8.52. The molecule has 0 spiro atoms. The molecule has 0 atom stereocenters. The fraction of sp³-hybridized carbons (Fsp3) is 0.149. The minimum atomic E-state index is -0.839. The number of benzene rings is 5. The van der Waals surface area contributed by atoms with Crippen molar-refractivity contribution in [2.75, 3.05) is 7.11 Å². The van der Waals surface area contributed by atoms with E-state index in [2.05, 4.69) is 143 Å². The first-order chi connectivity index (χ1) is 28.0.